The van der Waals surface area contributed by atoms with Gasteiger partial charge in [0.1, 0.15) is 0 Å². The molecule has 0 aliphatic heterocycles. The molecule has 0 heterocycles. The van der Waals surface area contributed by atoms with E-state index in [1.165, 1.54) is 0 Å². The van der Waals surface area contributed by atoms with Crippen LogP contribution in [-0.4, -0.2) is 21.9 Å². The Morgan fingerprint density at radius 3 is 1.64 bits per heavy atom. The van der Waals surface area contributed by atoms with Gasteiger partial charge in [-0.05, 0) is 30.4 Å². The molecular formula is C21H21NO3. The number of benzene rings is 2. The van der Waals surface area contributed by atoms with Crippen molar-refractivity contribution in [3.8, 4) is 0 Å². The van der Waals surface area contributed by atoms with Crippen molar-refractivity contribution in [1.82, 2.24) is 4.90 Å². The number of aliphatic carboxylic acids is 1. The standard InChI is InChI=1S/C21H21NO3/c23-18(20-13-21(14-20,15-20)19(24)25)22(11-16-7-3-1-4-8-16)12-17-9-5-2-6-10-17/h1-10H,11-15H2,(H,24,25). The Bertz CT molecular complexity index is 739. The van der Waals surface area contributed by atoms with Gasteiger partial charge in [-0.3, -0.25) is 9.59 Å². The van der Waals surface area contributed by atoms with Gasteiger partial charge in [0.2, 0.25) is 5.91 Å². The van der Waals surface area contributed by atoms with Crippen LogP contribution < -0.4 is 0 Å². The Kier molecular flexibility index (Phi) is 3.64. The highest BCUT2D eigenvalue weighted by atomic mass is 16.4. The van der Waals surface area contributed by atoms with Crippen molar-refractivity contribution < 1.29 is 14.7 Å². The van der Waals surface area contributed by atoms with Crippen LogP contribution >= 0.6 is 0 Å². The summed E-state index contributed by atoms with van der Waals surface area (Å²) in [6.07, 6.45) is 1.48. The fourth-order valence-corrected chi connectivity index (χ4v) is 4.38. The maximum Gasteiger partial charge on any atom is 0.309 e. The van der Waals surface area contributed by atoms with E-state index in [4.69, 9.17) is 0 Å². The molecule has 0 spiro atoms. The van der Waals surface area contributed by atoms with Gasteiger partial charge in [-0.1, -0.05) is 60.7 Å². The second-order valence-electron chi connectivity index (χ2n) is 7.53. The number of rotatable bonds is 6. The van der Waals surface area contributed by atoms with E-state index in [0.29, 0.717) is 32.4 Å². The van der Waals surface area contributed by atoms with E-state index in [9.17, 15) is 14.7 Å². The minimum Gasteiger partial charge on any atom is -0.481 e. The zero-order chi connectivity index (χ0) is 17.5. The molecule has 2 aromatic carbocycles. The summed E-state index contributed by atoms with van der Waals surface area (Å²) >= 11 is 0. The molecule has 5 rings (SSSR count). The minimum atomic E-state index is -0.750. The SMILES string of the molecule is O=C(O)C12CC(C(=O)N(Cc3ccccc3)Cc3ccccc3)(C1)C2. The van der Waals surface area contributed by atoms with Crippen LogP contribution in [0.15, 0.2) is 60.7 Å². The number of carboxylic acid groups (broad SMARTS) is 1. The third-order valence-electron chi connectivity index (χ3n) is 5.66. The third kappa shape index (κ3) is 2.62. The highest BCUT2D eigenvalue weighted by Crippen LogP contribution is 2.74. The van der Waals surface area contributed by atoms with E-state index in [1.54, 1.807) is 0 Å². The summed E-state index contributed by atoms with van der Waals surface area (Å²) < 4.78 is 0. The maximum absolute atomic E-state index is 13.2. The van der Waals surface area contributed by atoms with Crippen molar-refractivity contribution in [1.29, 1.82) is 0 Å². The highest BCUT2D eigenvalue weighted by molar-refractivity contribution is 5.93. The summed E-state index contributed by atoms with van der Waals surface area (Å²) in [5.74, 6) is -0.650. The van der Waals surface area contributed by atoms with Crippen LogP contribution in [0.25, 0.3) is 0 Å². The van der Waals surface area contributed by atoms with Crippen LogP contribution in [0.2, 0.25) is 0 Å². The zero-order valence-electron chi connectivity index (χ0n) is 14.0. The first kappa shape index (κ1) is 15.9. The van der Waals surface area contributed by atoms with Gasteiger partial charge in [0.05, 0.1) is 10.8 Å². The number of carboxylic acids is 1. The molecule has 2 aromatic rings. The Morgan fingerprint density at radius 1 is 0.800 bits per heavy atom. The summed E-state index contributed by atoms with van der Waals surface area (Å²) in [6, 6.07) is 19.9. The van der Waals surface area contributed by atoms with E-state index in [0.717, 1.165) is 11.1 Å². The highest BCUT2D eigenvalue weighted by Gasteiger charge is 2.75. The molecule has 3 fully saturated rings. The second kappa shape index (κ2) is 5.73. The van der Waals surface area contributed by atoms with E-state index in [2.05, 4.69) is 0 Å². The van der Waals surface area contributed by atoms with Crippen LogP contribution in [0.5, 0.6) is 0 Å². The number of amides is 1. The molecule has 3 aliphatic carbocycles. The van der Waals surface area contributed by atoms with Gasteiger partial charge in [0, 0.05) is 13.1 Å². The fourth-order valence-electron chi connectivity index (χ4n) is 4.38. The van der Waals surface area contributed by atoms with Crippen molar-refractivity contribution in [3.05, 3.63) is 71.8 Å². The molecule has 4 nitrogen and oxygen atoms in total. The maximum atomic E-state index is 13.2. The topological polar surface area (TPSA) is 57.6 Å². The van der Waals surface area contributed by atoms with Gasteiger partial charge in [-0.15, -0.1) is 0 Å². The molecule has 0 atom stereocenters. The van der Waals surface area contributed by atoms with Crippen molar-refractivity contribution in [2.24, 2.45) is 10.8 Å². The van der Waals surface area contributed by atoms with Gasteiger partial charge in [0.15, 0.2) is 0 Å². The van der Waals surface area contributed by atoms with Gasteiger partial charge in [-0.25, -0.2) is 0 Å². The van der Waals surface area contributed by atoms with Gasteiger partial charge in [-0.2, -0.15) is 0 Å². The van der Waals surface area contributed by atoms with Crippen molar-refractivity contribution >= 4 is 11.9 Å². The van der Waals surface area contributed by atoms with E-state index in [-0.39, 0.29) is 5.91 Å². The molecule has 1 amide bonds. The van der Waals surface area contributed by atoms with Crippen LogP contribution in [0, 0.1) is 10.8 Å². The molecule has 1 N–H and O–H groups in total. The van der Waals surface area contributed by atoms with Crippen LogP contribution in [-0.2, 0) is 22.7 Å². The largest absolute Gasteiger partial charge is 0.481 e. The number of hydrogen-bond acceptors (Lipinski definition) is 2. The minimum absolute atomic E-state index is 0.100. The van der Waals surface area contributed by atoms with Crippen LogP contribution in [0.1, 0.15) is 30.4 Å². The lowest BCUT2D eigenvalue weighted by molar-refractivity contribution is -0.226. The average molecular weight is 335 g/mol. The first-order chi connectivity index (χ1) is 12.0. The van der Waals surface area contributed by atoms with Crippen LogP contribution in [0.3, 0.4) is 0 Å². The Balaban J connectivity index is 1.53. The lowest BCUT2D eigenvalue weighted by Crippen LogP contribution is -2.70. The molecule has 4 heteroatoms. The Hall–Kier alpha value is -2.62. The number of carbonyl (C=O) groups is 2. The zero-order valence-corrected chi connectivity index (χ0v) is 14.0. The summed E-state index contributed by atoms with van der Waals surface area (Å²) in [6.45, 7) is 1.10. The van der Waals surface area contributed by atoms with Gasteiger partial charge >= 0.3 is 5.97 Å². The molecule has 25 heavy (non-hydrogen) atoms. The Morgan fingerprint density at radius 2 is 1.24 bits per heavy atom. The number of nitrogens with zero attached hydrogens (tertiary/aromatic N) is 1. The molecule has 0 unspecified atom stereocenters. The first-order valence-corrected chi connectivity index (χ1v) is 8.64. The molecular weight excluding hydrogens is 314 g/mol. The van der Waals surface area contributed by atoms with Gasteiger partial charge < -0.3 is 10.0 Å². The fraction of sp³-hybridized carbons (Fsp3) is 0.333. The first-order valence-electron chi connectivity index (χ1n) is 8.64. The molecule has 0 aromatic heterocycles. The molecule has 3 aliphatic rings. The second-order valence-corrected chi connectivity index (χ2v) is 7.53. The molecule has 0 saturated heterocycles. The smallest absolute Gasteiger partial charge is 0.309 e. The quantitative estimate of drug-likeness (QED) is 0.879. The summed E-state index contributed by atoms with van der Waals surface area (Å²) in [5.41, 5.74) is 1.11. The van der Waals surface area contributed by atoms with Crippen molar-refractivity contribution in [2.75, 3.05) is 0 Å². The Labute approximate surface area is 147 Å². The van der Waals surface area contributed by atoms with E-state index in [1.807, 2.05) is 65.6 Å². The van der Waals surface area contributed by atoms with Gasteiger partial charge in [0.25, 0.3) is 0 Å². The summed E-state index contributed by atoms with van der Waals surface area (Å²) in [7, 11) is 0. The predicted molar refractivity (Wildman–Crippen MR) is 93.5 cm³/mol. The lowest BCUT2D eigenvalue weighted by Gasteiger charge is -2.67. The van der Waals surface area contributed by atoms with Crippen molar-refractivity contribution in [3.63, 3.8) is 0 Å². The molecule has 3 saturated carbocycles. The summed E-state index contributed by atoms with van der Waals surface area (Å²) in [4.78, 5) is 26.4. The van der Waals surface area contributed by atoms with E-state index < -0.39 is 16.8 Å². The van der Waals surface area contributed by atoms with Crippen LogP contribution in [0.4, 0.5) is 0 Å². The molecule has 2 bridgehead atoms. The van der Waals surface area contributed by atoms with Crippen molar-refractivity contribution in [2.45, 2.75) is 32.4 Å². The van der Waals surface area contributed by atoms with E-state index >= 15 is 0 Å². The lowest BCUT2D eigenvalue weighted by atomic mass is 9.34. The third-order valence-corrected chi connectivity index (χ3v) is 5.66. The number of carbonyl (C=O) groups excluding carboxylic acids is 1. The number of hydrogen-bond donors (Lipinski definition) is 1. The molecule has 128 valence electrons. The predicted octanol–water partition coefficient (Wildman–Crippen LogP) is 3.47. The average Bonchev–Trinajstić information content (AvgIpc) is 2.53. The monoisotopic (exact) mass is 335 g/mol. The normalized spacial score (nSPS) is 26.2. The molecule has 0 radical (unpaired) electrons. The summed E-state index contributed by atoms with van der Waals surface area (Å²) in [5, 5.41) is 9.31.